The van der Waals surface area contributed by atoms with Crippen molar-refractivity contribution in [3.63, 3.8) is 0 Å². The zero-order chi connectivity index (χ0) is 28.0. The van der Waals surface area contributed by atoms with Gasteiger partial charge in [0.2, 0.25) is 0 Å². The average molecular weight is 533 g/mol. The van der Waals surface area contributed by atoms with Gasteiger partial charge < -0.3 is 20.5 Å². The van der Waals surface area contributed by atoms with Crippen molar-refractivity contribution in [2.75, 3.05) is 18.4 Å². The number of fused-ring (bicyclic) bond motifs is 1. The number of hydrogen-bond donors (Lipinski definition) is 3. The fraction of sp³-hybridized carbons (Fsp3) is 0.294. The van der Waals surface area contributed by atoms with Crippen LogP contribution in [-0.2, 0) is 4.79 Å². The molecule has 2 aromatic carbocycles. The summed E-state index contributed by atoms with van der Waals surface area (Å²) in [5.41, 5.74) is 9.10. The fourth-order valence-electron chi connectivity index (χ4n) is 6.50. The van der Waals surface area contributed by atoms with Gasteiger partial charge in [0.1, 0.15) is 0 Å². The van der Waals surface area contributed by atoms with Crippen LogP contribution in [0.5, 0.6) is 0 Å². The molecule has 0 saturated carbocycles. The quantitative estimate of drug-likeness (QED) is 0.357. The average Bonchev–Trinajstić information content (AvgIpc) is 3.42. The van der Waals surface area contributed by atoms with E-state index in [-0.39, 0.29) is 29.8 Å². The lowest BCUT2D eigenvalue weighted by Crippen LogP contribution is -2.55. The molecule has 1 aromatic heterocycles. The van der Waals surface area contributed by atoms with Crippen molar-refractivity contribution in [3.05, 3.63) is 106 Å². The molecule has 3 heterocycles. The predicted octanol–water partition coefficient (Wildman–Crippen LogP) is 6.07. The molecule has 6 heteroatoms. The molecule has 0 spiro atoms. The summed E-state index contributed by atoms with van der Waals surface area (Å²) in [5.74, 6) is 0.198. The van der Waals surface area contributed by atoms with Gasteiger partial charge in [-0.2, -0.15) is 0 Å². The Labute approximate surface area is 235 Å². The Bertz CT molecular complexity index is 1570. The van der Waals surface area contributed by atoms with Gasteiger partial charge in [-0.05, 0) is 68.5 Å². The van der Waals surface area contributed by atoms with Crippen molar-refractivity contribution in [1.29, 1.82) is 0 Å². The van der Waals surface area contributed by atoms with E-state index in [1.807, 2.05) is 43.0 Å². The van der Waals surface area contributed by atoms with E-state index >= 15 is 0 Å². The molecule has 1 fully saturated rings. The maximum absolute atomic E-state index is 13.6. The molecule has 204 valence electrons. The van der Waals surface area contributed by atoms with Crippen molar-refractivity contribution in [1.82, 2.24) is 15.2 Å². The van der Waals surface area contributed by atoms with Gasteiger partial charge in [0.15, 0.2) is 0 Å². The first-order valence-corrected chi connectivity index (χ1v) is 14.1. The van der Waals surface area contributed by atoms with E-state index < -0.39 is 0 Å². The number of anilines is 1. The second kappa shape index (κ2) is 10.4. The zero-order valence-corrected chi connectivity index (χ0v) is 23.5. The Hall–Kier alpha value is -4.16. The third kappa shape index (κ3) is 4.73. The van der Waals surface area contributed by atoms with Gasteiger partial charge in [0.05, 0.1) is 11.1 Å². The maximum Gasteiger partial charge on any atom is 0.256 e. The van der Waals surface area contributed by atoms with Crippen molar-refractivity contribution in [2.45, 2.75) is 52.1 Å². The molecule has 3 N–H and O–H groups in total. The summed E-state index contributed by atoms with van der Waals surface area (Å²) in [7, 11) is 0. The minimum atomic E-state index is -0.127. The number of nitrogens with zero attached hydrogens (tertiary/aromatic N) is 1. The molecule has 6 nitrogen and oxygen atoms in total. The van der Waals surface area contributed by atoms with Crippen LogP contribution in [0.25, 0.3) is 17.2 Å². The molecule has 2 aliphatic heterocycles. The number of carbonyl (C=O) groups is 2. The van der Waals surface area contributed by atoms with Crippen molar-refractivity contribution >= 4 is 34.7 Å². The molecule has 3 aliphatic rings. The van der Waals surface area contributed by atoms with Crippen LogP contribution in [0.2, 0.25) is 0 Å². The summed E-state index contributed by atoms with van der Waals surface area (Å²) in [5, 5.41) is 6.56. The molecule has 0 bridgehead atoms. The Balaban J connectivity index is 1.35. The van der Waals surface area contributed by atoms with Crippen LogP contribution in [-0.4, -0.2) is 46.9 Å². The Kier molecular flexibility index (Phi) is 6.80. The minimum absolute atomic E-state index is 0.0409. The summed E-state index contributed by atoms with van der Waals surface area (Å²) >= 11 is 0. The standard InChI is InChI=1S/C34H36N4O2/c1-20-18-38(19-21(2)35-20)34(40)31-22(3)30(36-23(31)4)17-28-32-27(14-9-15-29(32)37-33(28)39)26-13-8-12-25(16-26)24-10-6-5-7-11-24/h5-15,17,20-21,25,35-36H,16,18-19H2,1-4H3,(H,37,39)/b28-17-/t20-,21+,25?. The number of nitrogens with one attached hydrogen (secondary N) is 3. The van der Waals surface area contributed by atoms with E-state index in [9.17, 15) is 9.59 Å². The van der Waals surface area contributed by atoms with Crippen LogP contribution in [0.1, 0.15) is 70.2 Å². The number of aromatic amines is 1. The van der Waals surface area contributed by atoms with Crippen LogP contribution < -0.4 is 10.6 Å². The first kappa shape index (κ1) is 26.1. The highest BCUT2D eigenvalue weighted by Crippen LogP contribution is 2.42. The first-order valence-electron chi connectivity index (χ1n) is 14.1. The lowest BCUT2D eigenvalue weighted by Gasteiger charge is -2.36. The number of aryl methyl sites for hydroxylation is 1. The van der Waals surface area contributed by atoms with E-state index in [1.54, 1.807) is 0 Å². The van der Waals surface area contributed by atoms with E-state index in [1.165, 1.54) is 11.1 Å². The highest BCUT2D eigenvalue weighted by atomic mass is 16.2. The Morgan fingerprint density at radius 2 is 1.75 bits per heavy atom. The van der Waals surface area contributed by atoms with Crippen LogP contribution in [0.4, 0.5) is 5.69 Å². The molecule has 1 unspecified atom stereocenters. The highest BCUT2D eigenvalue weighted by molar-refractivity contribution is 6.35. The van der Waals surface area contributed by atoms with E-state index in [4.69, 9.17) is 0 Å². The van der Waals surface area contributed by atoms with Gasteiger partial charge in [0, 0.05) is 53.7 Å². The van der Waals surface area contributed by atoms with Crippen molar-refractivity contribution in [2.24, 2.45) is 0 Å². The third-order valence-electron chi connectivity index (χ3n) is 8.30. The molecule has 3 aromatic rings. The normalized spacial score (nSPS) is 23.2. The zero-order valence-electron chi connectivity index (χ0n) is 23.5. The van der Waals surface area contributed by atoms with Crippen molar-refractivity contribution < 1.29 is 9.59 Å². The van der Waals surface area contributed by atoms with Crippen LogP contribution in [0.15, 0.2) is 66.8 Å². The highest BCUT2D eigenvalue weighted by Gasteiger charge is 2.31. The molecule has 1 aliphatic carbocycles. The Morgan fingerprint density at radius 3 is 2.50 bits per heavy atom. The molecule has 2 amide bonds. The van der Waals surface area contributed by atoms with Gasteiger partial charge in [-0.1, -0.05) is 60.7 Å². The van der Waals surface area contributed by atoms with Gasteiger partial charge in [0.25, 0.3) is 11.8 Å². The molecule has 3 atom stereocenters. The number of benzene rings is 2. The number of piperazine rings is 1. The SMILES string of the molecule is Cc1[nH]c(/C=C2\C(=O)Nc3cccc(C4=CC=CC(c5ccccc5)C4)c32)c(C)c1C(=O)N1C[C@@H](C)N[C@@H](C)C1. The van der Waals surface area contributed by atoms with Crippen LogP contribution >= 0.6 is 0 Å². The molecule has 6 rings (SSSR count). The van der Waals surface area contributed by atoms with Gasteiger partial charge in [-0.25, -0.2) is 0 Å². The number of hydrogen-bond acceptors (Lipinski definition) is 3. The van der Waals surface area contributed by atoms with Crippen LogP contribution in [0, 0.1) is 13.8 Å². The molecular weight excluding hydrogens is 496 g/mol. The number of carbonyl (C=O) groups excluding carboxylic acids is 2. The number of aromatic nitrogens is 1. The predicted molar refractivity (Wildman–Crippen MR) is 162 cm³/mol. The summed E-state index contributed by atoms with van der Waals surface area (Å²) < 4.78 is 0. The third-order valence-corrected chi connectivity index (χ3v) is 8.30. The second-order valence-corrected chi connectivity index (χ2v) is 11.4. The lowest BCUT2D eigenvalue weighted by molar-refractivity contribution is -0.110. The number of allylic oxidation sites excluding steroid dienone is 4. The molecular formula is C34H36N4O2. The van der Waals surface area contributed by atoms with E-state index in [0.717, 1.165) is 40.2 Å². The Morgan fingerprint density at radius 1 is 1.00 bits per heavy atom. The van der Waals surface area contributed by atoms with Gasteiger partial charge in [-0.3, -0.25) is 9.59 Å². The smallest absolute Gasteiger partial charge is 0.256 e. The van der Waals surface area contributed by atoms with Crippen LogP contribution in [0.3, 0.4) is 0 Å². The molecule has 0 radical (unpaired) electrons. The number of rotatable bonds is 4. The van der Waals surface area contributed by atoms with E-state index in [2.05, 4.69) is 78.0 Å². The van der Waals surface area contributed by atoms with E-state index in [0.29, 0.717) is 24.2 Å². The van der Waals surface area contributed by atoms with Gasteiger partial charge >= 0.3 is 0 Å². The monoisotopic (exact) mass is 532 g/mol. The largest absolute Gasteiger partial charge is 0.358 e. The maximum atomic E-state index is 13.6. The topological polar surface area (TPSA) is 77.2 Å². The first-order chi connectivity index (χ1) is 19.3. The van der Waals surface area contributed by atoms with Gasteiger partial charge in [-0.15, -0.1) is 0 Å². The lowest BCUT2D eigenvalue weighted by atomic mass is 9.83. The summed E-state index contributed by atoms with van der Waals surface area (Å²) in [6.07, 6.45) is 9.30. The van der Waals surface area contributed by atoms with Crippen molar-refractivity contribution in [3.8, 4) is 0 Å². The molecule has 1 saturated heterocycles. The number of H-pyrrole nitrogens is 1. The summed E-state index contributed by atoms with van der Waals surface area (Å²) in [4.78, 5) is 32.3. The summed E-state index contributed by atoms with van der Waals surface area (Å²) in [6, 6.07) is 17.1. The fourth-order valence-corrected chi connectivity index (χ4v) is 6.50. The number of amides is 2. The summed E-state index contributed by atoms with van der Waals surface area (Å²) in [6.45, 7) is 9.48. The molecule has 40 heavy (non-hydrogen) atoms. The second-order valence-electron chi connectivity index (χ2n) is 11.4. The minimum Gasteiger partial charge on any atom is -0.358 e.